The van der Waals surface area contributed by atoms with E-state index in [9.17, 15) is 18.4 Å². The highest BCUT2D eigenvalue weighted by Crippen LogP contribution is 2.37. The number of ether oxygens (including phenoxy) is 2. The number of anilines is 1. The van der Waals surface area contributed by atoms with Gasteiger partial charge in [-0.25, -0.2) is 4.98 Å². The Morgan fingerprint density at radius 3 is 2.55 bits per heavy atom. The van der Waals surface area contributed by atoms with E-state index in [4.69, 9.17) is 21.1 Å². The van der Waals surface area contributed by atoms with Crippen molar-refractivity contribution in [3.8, 4) is 28.8 Å². The zero-order valence-electron chi connectivity index (χ0n) is 16.2. The van der Waals surface area contributed by atoms with Crippen LogP contribution in [0.4, 0.5) is 18.9 Å². The Bertz CT molecular complexity index is 1170. The second-order valence-electron chi connectivity index (χ2n) is 6.11. The summed E-state index contributed by atoms with van der Waals surface area (Å²) in [6.45, 7) is 0. The fourth-order valence-electron chi connectivity index (χ4n) is 2.66. The number of thiazole rings is 1. The van der Waals surface area contributed by atoms with E-state index in [1.165, 1.54) is 37.8 Å². The Kier molecular flexibility index (Phi) is 6.73. The van der Waals surface area contributed by atoms with Crippen molar-refractivity contribution in [2.75, 3.05) is 19.5 Å². The zero-order valence-corrected chi connectivity index (χ0v) is 17.8. The van der Waals surface area contributed by atoms with E-state index in [1.54, 1.807) is 23.6 Å². The molecule has 0 saturated heterocycles. The fourth-order valence-corrected chi connectivity index (χ4v) is 3.67. The minimum Gasteiger partial charge on any atom is -0.493 e. The molecule has 0 saturated carbocycles. The molecule has 5 nitrogen and oxygen atoms in total. The van der Waals surface area contributed by atoms with Gasteiger partial charge in [-0.05, 0) is 36.4 Å². The van der Waals surface area contributed by atoms with Crippen LogP contribution in [0.2, 0.25) is 5.02 Å². The minimum atomic E-state index is -4.58. The van der Waals surface area contributed by atoms with Crippen molar-refractivity contribution in [2.45, 2.75) is 6.18 Å². The van der Waals surface area contributed by atoms with Crippen molar-refractivity contribution in [2.24, 2.45) is 0 Å². The van der Waals surface area contributed by atoms with Crippen LogP contribution in [0.15, 0.2) is 48.0 Å². The van der Waals surface area contributed by atoms with Crippen molar-refractivity contribution in [3.05, 3.63) is 63.6 Å². The van der Waals surface area contributed by atoms with Gasteiger partial charge in [-0.3, -0.25) is 0 Å². The summed E-state index contributed by atoms with van der Waals surface area (Å²) in [5.74, 6) is 1.11. The van der Waals surface area contributed by atoms with Crippen LogP contribution in [0.5, 0.6) is 11.5 Å². The lowest BCUT2D eigenvalue weighted by atomic mass is 10.1. The first-order chi connectivity index (χ1) is 14.8. The van der Waals surface area contributed by atoms with Crippen LogP contribution < -0.4 is 14.8 Å². The lowest BCUT2D eigenvalue weighted by Crippen LogP contribution is -2.06. The molecule has 3 aromatic rings. The minimum absolute atomic E-state index is 0.140. The van der Waals surface area contributed by atoms with Crippen molar-refractivity contribution in [1.29, 1.82) is 5.26 Å². The maximum absolute atomic E-state index is 13.0. The third-order valence-electron chi connectivity index (χ3n) is 4.19. The van der Waals surface area contributed by atoms with Gasteiger partial charge in [0.05, 0.1) is 30.5 Å². The molecular formula is C21H15ClF3N3O2S. The van der Waals surface area contributed by atoms with Gasteiger partial charge < -0.3 is 14.8 Å². The van der Waals surface area contributed by atoms with E-state index in [1.807, 2.05) is 6.07 Å². The second kappa shape index (κ2) is 9.29. The highest BCUT2D eigenvalue weighted by atomic mass is 35.5. The van der Waals surface area contributed by atoms with Gasteiger partial charge >= 0.3 is 6.18 Å². The SMILES string of the molecule is COc1ccc(-c2csc(C(C#N)=CNc3ccc(Cl)c(C(F)(F)F)c3)n2)cc1OC. The number of hydrogen-bond acceptors (Lipinski definition) is 6. The molecule has 10 heteroatoms. The van der Waals surface area contributed by atoms with Crippen molar-refractivity contribution in [1.82, 2.24) is 4.98 Å². The average Bonchev–Trinajstić information content (AvgIpc) is 3.24. The van der Waals surface area contributed by atoms with E-state index < -0.39 is 16.8 Å². The molecule has 0 aliphatic heterocycles. The standard InChI is InChI=1S/C21H15ClF3N3O2S/c1-29-18-6-3-12(7-19(18)30-2)17-11-31-20(28-17)13(9-26)10-27-14-4-5-16(22)15(8-14)21(23,24)25/h3-8,10-11,27H,1-2H3. The molecule has 1 heterocycles. The van der Waals surface area contributed by atoms with Crippen LogP contribution >= 0.6 is 22.9 Å². The van der Waals surface area contributed by atoms with Gasteiger partial charge in [0, 0.05) is 22.8 Å². The Morgan fingerprint density at radius 2 is 1.90 bits per heavy atom. The van der Waals surface area contributed by atoms with Crippen LogP contribution in [0.25, 0.3) is 16.8 Å². The third kappa shape index (κ3) is 5.10. The lowest BCUT2D eigenvalue weighted by molar-refractivity contribution is -0.137. The highest BCUT2D eigenvalue weighted by Gasteiger charge is 2.33. The summed E-state index contributed by atoms with van der Waals surface area (Å²) in [5.41, 5.74) is 0.725. The summed E-state index contributed by atoms with van der Waals surface area (Å²) in [7, 11) is 3.06. The molecule has 2 aromatic carbocycles. The first-order valence-electron chi connectivity index (χ1n) is 8.68. The topological polar surface area (TPSA) is 67.2 Å². The van der Waals surface area contributed by atoms with Gasteiger partial charge in [0.25, 0.3) is 0 Å². The van der Waals surface area contributed by atoms with Crippen LogP contribution in [0.3, 0.4) is 0 Å². The molecule has 160 valence electrons. The van der Waals surface area contributed by atoms with Crippen molar-refractivity contribution in [3.63, 3.8) is 0 Å². The van der Waals surface area contributed by atoms with E-state index in [0.717, 1.165) is 17.7 Å². The van der Waals surface area contributed by atoms with E-state index >= 15 is 0 Å². The Labute approximate surface area is 185 Å². The summed E-state index contributed by atoms with van der Waals surface area (Å²) in [5, 5.41) is 14.0. The highest BCUT2D eigenvalue weighted by molar-refractivity contribution is 7.11. The first kappa shape index (κ1) is 22.5. The number of halogens is 4. The number of benzene rings is 2. The molecule has 0 spiro atoms. The van der Waals surface area contributed by atoms with E-state index in [0.29, 0.717) is 22.2 Å². The van der Waals surface area contributed by atoms with Crippen LogP contribution in [-0.4, -0.2) is 19.2 Å². The Hall–Kier alpha value is -3.22. The molecule has 31 heavy (non-hydrogen) atoms. The number of methoxy groups -OCH3 is 2. The largest absolute Gasteiger partial charge is 0.493 e. The number of nitriles is 1. The molecule has 0 unspecified atom stereocenters. The Morgan fingerprint density at radius 1 is 1.16 bits per heavy atom. The first-order valence-corrected chi connectivity index (χ1v) is 9.94. The molecule has 0 aliphatic carbocycles. The maximum atomic E-state index is 13.0. The molecular weight excluding hydrogens is 451 g/mol. The van der Waals surface area contributed by atoms with Crippen LogP contribution in [0.1, 0.15) is 10.6 Å². The number of nitrogens with zero attached hydrogens (tertiary/aromatic N) is 2. The number of rotatable bonds is 6. The second-order valence-corrected chi connectivity index (χ2v) is 7.38. The lowest BCUT2D eigenvalue weighted by Gasteiger charge is -2.11. The molecule has 3 rings (SSSR count). The van der Waals surface area contributed by atoms with Gasteiger partial charge in [-0.15, -0.1) is 11.3 Å². The Balaban J connectivity index is 1.86. The maximum Gasteiger partial charge on any atom is 0.417 e. The quantitative estimate of drug-likeness (QED) is 0.422. The van der Waals surface area contributed by atoms with Crippen molar-refractivity contribution < 1.29 is 22.6 Å². The molecule has 0 fully saturated rings. The number of alkyl halides is 3. The van der Waals surface area contributed by atoms with Gasteiger partial charge in [0.15, 0.2) is 11.5 Å². The predicted octanol–water partition coefficient (Wildman–Crippen LogP) is 6.48. The molecule has 0 bridgehead atoms. The fraction of sp³-hybridized carbons (Fsp3) is 0.143. The summed E-state index contributed by atoms with van der Waals surface area (Å²) >= 11 is 6.86. The van der Waals surface area contributed by atoms with E-state index in [-0.39, 0.29) is 11.3 Å². The number of aromatic nitrogens is 1. The molecule has 0 atom stereocenters. The molecule has 0 aliphatic rings. The molecule has 1 aromatic heterocycles. The van der Waals surface area contributed by atoms with Gasteiger partial charge in [0.1, 0.15) is 16.6 Å². The summed E-state index contributed by atoms with van der Waals surface area (Å²) in [4.78, 5) is 4.46. The normalized spacial score (nSPS) is 11.7. The van der Waals surface area contributed by atoms with Crippen LogP contribution in [-0.2, 0) is 6.18 Å². The average molecular weight is 466 g/mol. The summed E-state index contributed by atoms with van der Waals surface area (Å²) in [6, 6.07) is 10.7. The van der Waals surface area contributed by atoms with Gasteiger partial charge in [0.2, 0.25) is 0 Å². The zero-order chi connectivity index (χ0) is 22.6. The smallest absolute Gasteiger partial charge is 0.417 e. The summed E-state index contributed by atoms with van der Waals surface area (Å²) in [6.07, 6.45) is -3.28. The van der Waals surface area contributed by atoms with Crippen LogP contribution in [0, 0.1) is 11.3 Å². The number of nitrogens with one attached hydrogen (secondary N) is 1. The van der Waals surface area contributed by atoms with Gasteiger partial charge in [-0.1, -0.05) is 11.6 Å². The third-order valence-corrected chi connectivity index (χ3v) is 5.39. The molecule has 0 radical (unpaired) electrons. The van der Waals surface area contributed by atoms with E-state index in [2.05, 4.69) is 10.3 Å². The number of allylic oxidation sites excluding steroid dienone is 1. The summed E-state index contributed by atoms with van der Waals surface area (Å²) < 4.78 is 49.6. The predicted molar refractivity (Wildman–Crippen MR) is 114 cm³/mol. The molecule has 0 amide bonds. The van der Waals surface area contributed by atoms with Gasteiger partial charge in [-0.2, -0.15) is 18.4 Å². The number of hydrogen-bond donors (Lipinski definition) is 1. The van der Waals surface area contributed by atoms with Crippen molar-refractivity contribution >= 4 is 34.2 Å². The molecule has 1 N–H and O–H groups in total. The monoisotopic (exact) mass is 465 g/mol.